The fourth-order valence-electron chi connectivity index (χ4n) is 1.66. The van der Waals surface area contributed by atoms with Crippen molar-refractivity contribution in [3.05, 3.63) is 0 Å². The van der Waals surface area contributed by atoms with E-state index in [2.05, 4.69) is 19.2 Å². The van der Waals surface area contributed by atoms with Crippen LogP contribution in [0.25, 0.3) is 0 Å². The summed E-state index contributed by atoms with van der Waals surface area (Å²) in [5.74, 6) is 1.92. The lowest BCUT2D eigenvalue weighted by Gasteiger charge is -1.97. The third kappa shape index (κ3) is 0.983. The van der Waals surface area contributed by atoms with Gasteiger partial charge in [0.25, 0.3) is 0 Å². The average molecular weight is 125 g/mol. The van der Waals surface area contributed by atoms with Gasteiger partial charge in [-0.15, -0.1) is 0 Å². The summed E-state index contributed by atoms with van der Waals surface area (Å²) in [6.07, 6.45) is 2.97. The van der Waals surface area contributed by atoms with Gasteiger partial charge in [0, 0.05) is 12.1 Å². The highest BCUT2D eigenvalue weighted by Gasteiger charge is 2.47. The Balaban J connectivity index is 1.81. The molecule has 2 rings (SSSR count). The quantitative estimate of drug-likeness (QED) is 0.553. The summed E-state index contributed by atoms with van der Waals surface area (Å²) < 4.78 is 0. The molecule has 1 heteroatoms. The van der Waals surface area contributed by atoms with E-state index in [1.165, 1.54) is 12.8 Å². The molecule has 0 aromatic rings. The first kappa shape index (κ1) is 5.72. The summed E-state index contributed by atoms with van der Waals surface area (Å²) in [7, 11) is 0. The van der Waals surface area contributed by atoms with Crippen LogP contribution in [0.5, 0.6) is 0 Å². The molecular formula is C8H15N. The van der Waals surface area contributed by atoms with Crippen LogP contribution in [-0.2, 0) is 0 Å². The third-order valence-electron chi connectivity index (χ3n) is 2.51. The van der Waals surface area contributed by atoms with Crippen molar-refractivity contribution >= 4 is 0 Å². The van der Waals surface area contributed by atoms with E-state index in [1.54, 1.807) is 0 Å². The van der Waals surface area contributed by atoms with E-state index in [0.29, 0.717) is 0 Å². The molecule has 0 aromatic heterocycles. The SMILES string of the molecule is CC(C)C1NC1C1CC1. The second-order valence-electron chi connectivity index (χ2n) is 3.80. The van der Waals surface area contributed by atoms with Gasteiger partial charge in [-0.2, -0.15) is 0 Å². The fraction of sp³-hybridized carbons (Fsp3) is 1.00. The number of rotatable bonds is 2. The maximum atomic E-state index is 3.53. The topological polar surface area (TPSA) is 21.9 Å². The normalized spacial score (nSPS) is 41.7. The molecular weight excluding hydrogens is 110 g/mol. The first-order chi connectivity index (χ1) is 4.29. The molecule has 1 aliphatic carbocycles. The first-order valence-corrected chi connectivity index (χ1v) is 4.05. The Labute approximate surface area is 56.8 Å². The van der Waals surface area contributed by atoms with Gasteiger partial charge in [-0.3, -0.25) is 0 Å². The van der Waals surface area contributed by atoms with E-state index < -0.39 is 0 Å². The van der Waals surface area contributed by atoms with Crippen LogP contribution in [0, 0.1) is 11.8 Å². The second-order valence-corrected chi connectivity index (χ2v) is 3.80. The lowest BCUT2D eigenvalue weighted by Crippen LogP contribution is -2.03. The van der Waals surface area contributed by atoms with Gasteiger partial charge >= 0.3 is 0 Å². The third-order valence-corrected chi connectivity index (χ3v) is 2.51. The second kappa shape index (κ2) is 1.72. The Hall–Kier alpha value is -0.0400. The van der Waals surface area contributed by atoms with E-state index in [1.807, 2.05) is 0 Å². The zero-order chi connectivity index (χ0) is 6.43. The molecule has 1 aliphatic heterocycles. The molecule has 0 aromatic carbocycles. The summed E-state index contributed by atoms with van der Waals surface area (Å²) in [6.45, 7) is 4.61. The molecule has 52 valence electrons. The average Bonchev–Trinajstić information content (AvgIpc) is 2.60. The summed E-state index contributed by atoms with van der Waals surface area (Å²) in [5.41, 5.74) is 0. The van der Waals surface area contributed by atoms with Crippen LogP contribution in [0.1, 0.15) is 26.7 Å². The Bertz CT molecular complexity index is 110. The van der Waals surface area contributed by atoms with Gasteiger partial charge < -0.3 is 5.32 Å². The zero-order valence-electron chi connectivity index (χ0n) is 6.22. The zero-order valence-corrected chi connectivity index (χ0v) is 6.22. The molecule has 1 saturated heterocycles. The lowest BCUT2D eigenvalue weighted by molar-refractivity contribution is 0.602. The molecule has 1 N–H and O–H groups in total. The molecule has 2 atom stereocenters. The molecule has 2 unspecified atom stereocenters. The highest BCUT2D eigenvalue weighted by Crippen LogP contribution is 2.41. The summed E-state index contributed by atoms with van der Waals surface area (Å²) in [5, 5.41) is 3.53. The highest BCUT2D eigenvalue weighted by molar-refractivity contribution is 5.07. The van der Waals surface area contributed by atoms with E-state index in [0.717, 1.165) is 23.9 Å². The van der Waals surface area contributed by atoms with Crippen molar-refractivity contribution in [1.29, 1.82) is 0 Å². The molecule has 0 bridgehead atoms. The minimum absolute atomic E-state index is 0.857. The highest BCUT2D eigenvalue weighted by atomic mass is 15.2. The Morgan fingerprint density at radius 2 is 2.00 bits per heavy atom. The molecule has 0 spiro atoms. The minimum atomic E-state index is 0.857. The standard InChI is InChI=1S/C8H15N/c1-5(2)7-8(9-7)6-3-4-6/h5-9H,3-4H2,1-2H3. The molecule has 2 fully saturated rings. The lowest BCUT2D eigenvalue weighted by atomic mass is 10.1. The molecule has 2 aliphatic rings. The van der Waals surface area contributed by atoms with Crippen molar-refractivity contribution in [2.45, 2.75) is 38.8 Å². The van der Waals surface area contributed by atoms with E-state index >= 15 is 0 Å². The molecule has 0 radical (unpaired) electrons. The van der Waals surface area contributed by atoms with Gasteiger partial charge in [0.1, 0.15) is 0 Å². The van der Waals surface area contributed by atoms with E-state index in [4.69, 9.17) is 0 Å². The van der Waals surface area contributed by atoms with Crippen molar-refractivity contribution in [1.82, 2.24) is 5.32 Å². The Kier molecular flexibility index (Phi) is 1.10. The predicted molar refractivity (Wildman–Crippen MR) is 38.3 cm³/mol. The molecule has 1 saturated carbocycles. The van der Waals surface area contributed by atoms with Crippen LogP contribution in [-0.4, -0.2) is 12.1 Å². The van der Waals surface area contributed by atoms with Gasteiger partial charge in [0.15, 0.2) is 0 Å². The molecule has 1 nitrogen and oxygen atoms in total. The maximum absolute atomic E-state index is 3.53. The molecule has 9 heavy (non-hydrogen) atoms. The Morgan fingerprint density at radius 3 is 2.33 bits per heavy atom. The van der Waals surface area contributed by atoms with Crippen LogP contribution in [0.15, 0.2) is 0 Å². The minimum Gasteiger partial charge on any atom is -0.308 e. The van der Waals surface area contributed by atoms with Crippen LogP contribution in [0.3, 0.4) is 0 Å². The van der Waals surface area contributed by atoms with E-state index in [9.17, 15) is 0 Å². The van der Waals surface area contributed by atoms with Crippen molar-refractivity contribution in [3.8, 4) is 0 Å². The van der Waals surface area contributed by atoms with Crippen molar-refractivity contribution < 1.29 is 0 Å². The van der Waals surface area contributed by atoms with Gasteiger partial charge in [-0.05, 0) is 24.7 Å². The molecule has 1 heterocycles. The van der Waals surface area contributed by atoms with Gasteiger partial charge in [-0.25, -0.2) is 0 Å². The predicted octanol–water partition coefficient (Wildman–Crippen LogP) is 1.39. The van der Waals surface area contributed by atoms with Crippen LogP contribution in [0.4, 0.5) is 0 Å². The summed E-state index contributed by atoms with van der Waals surface area (Å²) in [4.78, 5) is 0. The fourth-order valence-corrected chi connectivity index (χ4v) is 1.66. The molecule has 0 amide bonds. The van der Waals surface area contributed by atoms with Gasteiger partial charge in [0.2, 0.25) is 0 Å². The van der Waals surface area contributed by atoms with Gasteiger partial charge in [-0.1, -0.05) is 13.8 Å². The van der Waals surface area contributed by atoms with Crippen LogP contribution >= 0.6 is 0 Å². The summed E-state index contributed by atoms with van der Waals surface area (Å²) in [6, 6.07) is 1.79. The summed E-state index contributed by atoms with van der Waals surface area (Å²) >= 11 is 0. The van der Waals surface area contributed by atoms with Crippen LogP contribution in [0.2, 0.25) is 0 Å². The first-order valence-electron chi connectivity index (χ1n) is 4.05. The largest absolute Gasteiger partial charge is 0.308 e. The van der Waals surface area contributed by atoms with Crippen molar-refractivity contribution in [2.75, 3.05) is 0 Å². The monoisotopic (exact) mass is 125 g/mol. The number of hydrogen-bond donors (Lipinski definition) is 1. The van der Waals surface area contributed by atoms with Gasteiger partial charge in [0.05, 0.1) is 0 Å². The smallest absolute Gasteiger partial charge is 0.0255 e. The van der Waals surface area contributed by atoms with Crippen LogP contribution < -0.4 is 5.32 Å². The van der Waals surface area contributed by atoms with E-state index in [-0.39, 0.29) is 0 Å². The van der Waals surface area contributed by atoms with Crippen molar-refractivity contribution in [2.24, 2.45) is 11.8 Å². The number of nitrogens with one attached hydrogen (secondary N) is 1. The van der Waals surface area contributed by atoms with Crippen molar-refractivity contribution in [3.63, 3.8) is 0 Å². The Morgan fingerprint density at radius 1 is 1.33 bits per heavy atom. The number of hydrogen-bond acceptors (Lipinski definition) is 1. The maximum Gasteiger partial charge on any atom is 0.0255 e.